The summed E-state index contributed by atoms with van der Waals surface area (Å²) in [5.41, 5.74) is 0.391. The molecule has 3 fully saturated rings. The maximum Gasteiger partial charge on any atom is 0.0290 e. The van der Waals surface area contributed by atoms with Gasteiger partial charge >= 0.3 is 0 Å². The second-order valence-corrected chi connectivity index (χ2v) is 6.30. The molecule has 0 spiro atoms. The van der Waals surface area contributed by atoms with Crippen molar-refractivity contribution in [1.82, 2.24) is 10.6 Å². The van der Waals surface area contributed by atoms with E-state index in [0.29, 0.717) is 5.54 Å². The maximum absolute atomic E-state index is 3.82. The van der Waals surface area contributed by atoms with Crippen LogP contribution < -0.4 is 10.6 Å². The second-order valence-electron chi connectivity index (χ2n) is 6.30. The molecular weight excluding hydrogens is 184 g/mol. The molecule has 0 amide bonds. The Morgan fingerprint density at radius 1 is 1.33 bits per heavy atom. The van der Waals surface area contributed by atoms with Crippen molar-refractivity contribution in [2.45, 2.75) is 44.6 Å². The van der Waals surface area contributed by atoms with Crippen molar-refractivity contribution in [2.75, 3.05) is 19.6 Å². The van der Waals surface area contributed by atoms with Gasteiger partial charge in [-0.3, -0.25) is 0 Å². The van der Waals surface area contributed by atoms with Crippen LogP contribution in [0.2, 0.25) is 0 Å². The van der Waals surface area contributed by atoms with E-state index < -0.39 is 0 Å². The van der Waals surface area contributed by atoms with Crippen LogP contribution in [-0.4, -0.2) is 25.2 Å². The van der Waals surface area contributed by atoms with Crippen LogP contribution in [-0.2, 0) is 0 Å². The Bertz CT molecular complexity index is 233. The summed E-state index contributed by atoms with van der Waals surface area (Å²) in [5.74, 6) is 3.16. The summed E-state index contributed by atoms with van der Waals surface area (Å²) in [6, 6.07) is 0. The predicted molar refractivity (Wildman–Crippen MR) is 62.8 cm³/mol. The lowest BCUT2D eigenvalue weighted by Gasteiger charge is -2.29. The molecule has 86 valence electrons. The molecule has 0 aromatic rings. The fourth-order valence-corrected chi connectivity index (χ4v) is 3.97. The Labute approximate surface area is 93.2 Å². The van der Waals surface area contributed by atoms with Gasteiger partial charge in [0.25, 0.3) is 0 Å². The molecule has 0 radical (unpaired) electrons. The van der Waals surface area contributed by atoms with Crippen LogP contribution in [0.5, 0.6) is 0 Å². The summed E-state index contributed by atoms with van der Waals surface area (Å²) in [7, 11) is 0. The molecule has 2 heteroatoms. The summed E-state index contributed by atoms with van der Waals surface area (Å²) in [4.78, 5) is 0. The summed E-state index contributed by atoms with van der Waals surface area (Å²) in [6.07, 6.45) is 7.41. The van der Waals surface area contributed by atoms with E-state index >= 15 is 0 Å². The summed E-state index contributed by atoms with van der Waals surface area (Å²) >= 11 is 0. The Morgan fingerprint density at radius 2 is 2.27 bits per heavy atom. The van der Waals surface area contributed by atoms with Crippen LogP contribution in [0.3, 0.4) is 0 Å². The van der Waals surface area contributed by atoms with Crippen LogP contribution in [0.4, 0.5) is 0 Å². The molecule has 2 bridgehead atoms. The molecule has 1 saturated heterocycles. The maximum atomic E-state index is 3.82. The van der Waals surface area contributed by atoms with Gasteiger partial charge in [-0.15, -0.1) is 0 Å². The molecule has 2 aliphatic carbocycles. The molecule has 4 atom stereocenters. The molecule has 4 unspecified atom stereocenters. The van der Waals surface area contributed by atoms with Crippen molar-refractivity contribution in [1.29, 1.82) is 0 Å². The Morgan fingerprint density at radius 3 is 2.87 bits per heavy atom. The minimum atomic E-state index is 0.391. The first kappa shape index (κ1) is 10.1. The van der Waals surface area contributed by atoms with Crippen LogP contribution in [0.15, 0.2) is 0 Å². The highest BCUT2D eigenvalue weighted by Crippen LogP contribution is 2.48. The molecule has 0 aromatic heterocycles. The predicted octanol–water partition coefficient (Wildman–Crippen LogP) is 1.76. The largest absolute Gasteiger partial charge is 0.315 e. The van der Waals surface area contributed by atoms with E-state index in [1.54, 1.807) is 6.42 Å². The van der Waals surface area contributed by atoms with Crippen LogP contribution in [0.25, 0.3) is 0 Å². The van der Waals surface area contributed by atoms with Gasteiger partial charge in [-0.05, 0) is 63.5 Å². The molecule has 2 nitrogen and oxygen atoms in total. The number of rotatable bonds is 3. The minimum Gasteiger partial charge on any atom is -0.315 e. The van der Waals surface area contributed by atoms with E-state index in [1.807, 2.05) is 0 Å². The third-order valence-corrected chi connectivity index (χ3v) is 5.04. The van der Waals surface area contributed by atoms with E-state index in [2.05, 4.69) is 17.6 Å². The normalized spacial score (nSPS) is 49.0. The van der Waals surface area contributed by atoms with Crippen molar-refractivity contribution in [3.05, 3.63) is 0 Å². The minimum absolute atomic E-state index is 0.391. The van der Waals surface area contributed by atoms with E-state index in [1.165, 1.54) is 38.8 Å². The van der Waals surface area contributed by atoms with Gasteiger partial charge in [0.05, 0.1) is 0 Å². The fraction of sp³-hybridized carbons (Fsp3) is 1.00. The lowest BCUT2D eigenvalue weighted by molar-refractivity contribution is 0.277. The molecule has 0 aromatic carbocycles. The molecule has 3 rings (SSSR count). The number of hydrogen-bond donors (Lipinski definition) is 2. The highest BCUT2D eigenvalue weighted by molar-refractivity contribution is 4.95. The lowest BCUT2D eigenvalue weighted by Crippen LogP contribution is -2.46. The zero-order valence-corrected chi connectivity index (χ0v) is 9.89. The number of hydrogen-bond acceptors (Lipinski definition) is 2. The molecule has 2 N–H and O–H groups in total. The molecule has 1 aliphatic heterocycles. The van der Waals surface area contributed by atoms with Crippen LogP contribution in [0.1, 0.15) is 39.0 Å². The third-order valence-electron chi connectivity index (χ3n) is 5.04. The smallest absolute Gasteiger partial charge is 0.0290 e. The first-order chi connectivity index (χ1) is 7.25. The monoisotopic (exact) mass is 208 g/mol. The third kappa shape index (κ3) is 1.94. The molecule has 3 aliphatic rings. The quantitative estimate of drug-likeness (QED) is 0.738. The SMILES string of the molecule is CC1(NCC2CC3CCC2C3)CCNC1. The topological polar surface area (TPSA) is 24.1 Å². The van der Waals surface area contributed by atoms with Gasteiger partial charge in [-0.25, -0.2) is 0 Å². The molecule has 15 heavy (non-hydrogen) atoms. The average Bonchev–Trinajstić information content (AvgIpc) is 2.90. The van der Waals surface area contributed by atoms with Crippen molar-refractivity contribution >= 4 is 0 Å². The van der Waals surface area contributed by atoms with Crippen LogP contribution >= 0.6 is 0 Å². The summed E-state index contributed by atoms with van der Waals surface area (Å²) in [6.45, 7) is 6.01. The van der Waals surface area contributed by atoms with Crippen molar-refractivity contribution in [3.8, 4) is 0 Å². The Hall–Kier alpha value is -0.0800. The van der Waals surface area contributed by atoms with Gasteiger partial charge in [-0.2, -0.15) is 0 Å². The van der Waals surface area contributed by atoms with Gasteiger partial charge < -0.3 is 10.6 Å². The first-order valence-electron chi connectivity index (χ1n) is 6.71. The lowest BCUT2D eigenvalue weighted by atomic mass is 9.88. The van der Waals surface area contributed by atoms with Crippen molar-refractivity contribution in [2.24, 2.45) is 17.8 Å². The Balaban J connectivity index is 1.50. The van der Waals surface area contributed by atoms with Gasteiger partial charge in [0.1, 0.15) is 0 Å². The second kappa shape index (κ2) is 3.74. The van der Waals surface area contributed by atoms with Gasteiger partial charge in [0.2, 0.25) is 0 Å². The fourth-order valence-electron chi connectivity index (χ4n) is 3.97. The number of fused-ring (bicyclic) bond motifs is 2. The molecular formula is C13H24N2. The van der Waals surface area contributed by atoms with E-state index in [0.717, 1.165) is 24.3 Å². The van der Waals surface area contributed by atoms with E-state index in [4.69, 9.17) is 0 Å². The first-order valence-corrected chi connectivity index (χ1v) is 6.71. The molecule has 1 heterocycles. The zero-order valence-electron chi connectivity index (χ0n) is 9.89. The van der Waals surface area contributed by atoms with Crippen molar-refractivity contribution < 1.29 is 0 Å². The van der Waals surface area contributed by atoms with E-state index in [9.17, 15) is 0 Å². The summed E-state index contributed by atoms with van der Waals surface area (Å²) in [5, 5.41) is 7.28. The van der Waals surface area contributed by atoms with Gasteiger partial charge in [0, 0.05) is 12.1 Å². The zero-order chi connectivity index (χ0) is 10.3. The van der Waals surface area contributed by atoms with Crippen molar-refractivity contribution in [3.63, 3.8) is 0 Å². The summed E-state index contributed by atoms with van der Waals surface area (Å²) < 4.78 is 0. The van der Waals surface area contributed by atoms with Crippen LogP contribution in [0, 0.1) is 17.8 Å². The van der Waals surface area contributed by atoms with E-state index in [-0.39, 0.29) is 0 Å². The highest BCUT2D eigenvalue weighted by Gasteiger charge is 2.40. The Kier molecular flexibility index (Phi) is 2.52. The van der Waals surface area contributed by atoms with Gasteiger partial charge in [0.15, 0.2) is 0 Å². The number of nitrogens with one attached hydrogen (secondary N) is 2. The standard InChI is InChI=1S/C13H24N2/c1-13(4-5-14-9-13)15-8-12-7-10-2-3-11(12)6-10/h10-12,14-15H,2-9H2,1H3. The molecule has 2 saturated carbocycles. The average molecular weight is 208 g/mol. The van der Waals surface area contributed by atoms with Gasteiger partial charge in [-0.1, -0.05) is 6.42 Å². The highest BCUT2D eigenvalue weighted by atomic mass is 15.1.